The van der Waals surface area contributed by atoms with E-state index in [0.717, 1.165) is 5.56 Å². The highest BCUT2D eigenvalue weighted by Gasteiger charge is 2.17. The van der Waals surface area contributed by atoms with Crippen molar-refractivity contribution in [3.8, 4) is 0 Å². The minimum absolute atomic E-state index is 0. The first-order valence-corrected chi connectivity index (χ1v) is 8.88. The maximum atomic E-state index is 12.5. The normalized spacial score (nSPS) is 9.72. The Morgan fingerprint density at radius 2 is 1.90 bits per heavy atom. The van der Waals surface area contributed by atoms with Gasteiger partial charge in [-0.1, -0.05) is 17.7 Å². The molecule has 1 aromatic carbocycles. The maximum absolute atomic E-state index is 12.5. The average Bonchev–Trinajstić information content (AvgIpc) is 2.67. The number of anilines is 1. The van der Waals surface area contributed by atoms with Crippen LogP contribution in [0.4, 0.5) is 5.69 Å². The van der Waals surface area contributed by atoms with E-state index < -0.39 is 0 Å². The van der Waals surface area contributed by atoms with Gasteiger partial charge in [0.2, 0.25) is 11.8 Å². The van der Waals surface area contributed by atoms with E-state index in [1.807, 2.05) is 6.07 Å². The fourth-order valence-electron chi connectivity index (χ4n) is 2.33. The summed E-state index contributed by atoms with van der Waals surface area (Å²) in [6.45, 7) is 1.42. The maximum Gasteiger partial charge on any atom is 0.244 e. The van der Waals surface area contributed by atoms with Crippen LogP contribution >= 0.6 is 36.4 Å². The van der Waals surface area contributed by atoms with E-state index >= 15 is 0 Å². The summed E-state index contributed by atoms with van der Waals surface area (Å²) in [7, 11) is 1.60. The second-order valence-corrected chi connectivity index (χ2v) is 6.27. The molecule has 0 saturated carbocycles. The van der Waals surface area contributed by atoms with Gasteiger partial charge in [-0.3, -0.25) is 14.6 Å². The molecule has 0 unspecified atom stereocenters. The van der Waals surface area contributed by atoms with Gasteiger partial charge < -0.3 is 20.3 Å². The summed E-state index contributed by atoms with van der Waals surface area (Å²) in [6, 6.07) is 10.5. The fourth-order valence-corrected chi connectivity index (χ4v) is 2.46. The van der Waals surface area contributed by atoms with Gasteiger partial charge in [-0.05, 0) is 35.9 Å². The topological polar surface area (TPSA) is 83.6 Å². The fraction of sp³-hybridized carbons (Fsp3) is 0.316. The molecule has 0 fully saturated rings. The number of ether oxygens (including phenoxy) is 1. The largest absolute Gasteiger partial charge is 0.383 e. The minimum atomic E-state index is -0.286. The molecular weight excluding hydrogens is 439 g/mol. The van der Waals surface area contributed by atoms with Gasteiger partial charge in [-0.2, -0.15) is 0 Å². The van der Waals surface area contributed by atoms with E-state index in [2.05, 4.69) is 15.6 Å². The number of carbonyl (C=O) groups excluding carboxylic acids is 2. The Labute approximate surface area is 188 Å². The lowest BCUT2D eigenvalue weighted by Crippen LogP contribution is -2.42. The van der Waals surface area contributed by atoms with Gasteiger partial charge in [0.1, 0.15) is 6.54 Å². The highest BCUT2D eigenvalue weighted by molar-refractivity contribution is 6.30. The zero-order valence-electron chi connectivity index (χ0n) is 16.0. The van der Waals surface area contributed by atoms with Crippen molar-refractivity contribution in [2.75, 3.05) is 38.7 Å². The quantitative estimate of drug-likeness (QED) is 0.529. The van der Waals surface area contributed by atoms with Gasteiger partial charge in [0.25, 0.3) is 0 Å². The zero-order chi connectivity index (χ0) is 19.5. The lowest BCUT2D eigenvalue weighted by molar-refractivity contribution is -0.134. The second kappa shape index (κ2) is 15.0. The molecule has 2 aromatic rings. The summed E-state index contributed by atoms with van der Waals surface area (Å²) in [5.74, 6) is -0.465. The number of amides is 2. The van der Waals surface area contributed by atoms with Crippen LogP contribution in [0.5, 0.6) is 0 Å². The van der Waals surface area contributed by atoms with Crippen LogP contribution in [0.1, 0.15) is 5.56 Å². The van der Waals surface area contributed by atoms with E-state index in [0.29, 0.717) is 30.4 Å². The highest BCUT2D eigenvalue weighted by atomic mass is 35.5. The first kappa shape index (κ1) is 27.1. The molecule has 2 amide bonds. The molecule has 0 bridgehead atoms. The summed E-state index contributed by atoms with van der Waals surface area (Å²) in [5.41, 5.74) is 1.47. The first-order chi connectivity index (χ1) is 13.1. The van der Waals surface area contributed by atoms with Crippen molar-refractivity contribution in [3.05, 3.63) is 59.4 Å². The molecule has 7 nitrogen and oxygen atoms in total. The van der Waals surface area contributed by atoms with Crippen molar-refractivity contribution >= 4 is 53.9 Å². The Hall–Kier alpha value is -1.90. The van der Waals surface area contributed by atoms with Crippen LogP contribution in [0.3, 0.4) is 0 Å². The number of pyridine rings is 1. The molecule has 2 N–H and O–H groups in total. The molecule has 160 valence electrons. The number of rotatable bonds is 10. The molecule has 0 aliphatic heterocycles. The van der Waals surface area contributed by atoms with Crippen LogP contribution in [0, 0.1) is 0 Å². The third kappa shape index (κ3) is 10.4. The molecule has 0 aliphatic carbocycles. The SMILES string of the molecule is COCCNCC(=O)N(CC(=O)Nc1ccc(Cl)cc1)Cc1cccnc1.Cl.Cl. The van der Waals surface area contributed by atoms with Crippen LogP contribution in [0.25, 0.3) is 0 Å². The van der Waals surface area contributed by atoms with Crippen molar-refractivity contribution in [1.82, 2.24) is 15.2 Å². The van der Waals surface area contributed by atoms with Crippen LogP contribution in [-0.4, -0.2) is 55.0 Å². The molecule has 0 radical (unpaired) electrons. The number of halogens is 3. The van der Waals surface area contributed by atoms with Crippen molar-refractivity contribution in [3.63, 3.8) is 0 Å². The van der Waals surface area contributed by atoms with Crippen molar-refractivity contribution in [2.45, 2.75) is 6.54 Å². The Kier molecular flexibility index (Phi) is 14.0. The van der Waals surface area contributed by atoms with Crippen molar-refractivity contribution in [2.24, 2.45) is 0 Å². The number of methoxy groups -OCH3 is 1. The third-order valence-corrected chi connectivity index (χ3v) is 3.92. The molecule has 29 heavy (non-hydrogen) atoms. The minimum Gasteiger partial charge on any atom is -0.383 e. The van der Waals surface area contributed by atoms with Crippen LogP contribution in [-0.2, 0) is 20.9 Å². The molecule has 2 rings (SSSR count). The number of nitrogens with one attached hydrogen (secondary N) is 2. The summed E-state index contributed by atoms with van der Waals surface area (Å²) < 4.78 is 4.95. The number of carbonyl (C=O) groups is 2. The lowest BCUT2D eigenvalue weighted by Gasteiger charge is -2.22. The molecule has 0 aliphatic rings. The summed E-state index contributed by atoms with van der Waals surface area (Å²) in [6.07, 6.45) is 3.34. The summed E-state index contributed by atoms with van der Waals surface area (Å²) in [4.78, 5) is 30.5. The van der Waals surface area contributed by atoms with Gasteiger partial charge in [0.05, 0.1) is 13.2 Å². The van der Waals surface area contributed by atoms with E-state index in [1.54, 1.807) is 49.8 Å². The molecular formula is C19H25Cl3N4O3. The Morgan fingerprint density at radius 3 is 2.52 bits per heavy atom. The predicted octanol–water partition coefficient (Wildman–Crippen LogP) is 2.78. The van der Waals surface area contributed by atoms with Gasteiger partial charge >= 0.3 is 0 Å². The van der Waals surface area contributed by atoms with Crippen molar-refractivity contribution in [1.29, 1.82) is 0 Å². The van der Waals surface area contributed by atoms with E-state index in [1.165, 1.54) is 4.90 Å². The van der Waals surface area contributed by atoms with E-state index in [-0.39, 0.29) is 49.7 Å². The summed E-state index contributed by atoms with van der Waals surface area (Å²) in [5, 5.41) is 6.36. The van der Waals surface area contributed by atoms with Crippen LogP contribution in [0.2, 0.25) is 5.02 Å². The Morgan fingerprint density at radius 1 is 1.17 bits per heavy atom. The molecule has 0 saturated heterocycles. The number of hydrogen-bond acceptors (Lipinski definition) is 5. The smallest absolute Gasteiger partial charge is 0.244 e. The van der Waals surface area contributed by atoms with Crippen LogP contribution in [0.15, 0.2) is 48.8 Å². The molecule has 1 heterocycles. The molecule has 10 heteroatoms. The van der Waals surface area contributed by atoms with Gasteiger partial charge in [-0.25, -0.2) is 0 Å². The summed E-state index contributed by atoms with van der Waals surface area (Å²) >= 11 is 5.85. The predicted molar refractivity (Wildman–Crippen MR) is 119 cm³/mol. The Balaban J connectivity index is 0.00000392. The van der Waals surface area contributed by atoms with E-state index in [9.17, 15) is 9.59 Å². The number of hydrogen-bond donors (Lipinski definition) is 2. The van der Waals surface area contributed by atoms with Gasteiger partial charge in [-0.15, -0.1) is 24.8 Å². The molecule has 1 aromatic heterocycles. The molecule has 0 atom stereocenters. The Bertz CT molecular complexity index is 733. The van der Waals surface area contributed by atoms with Crippen LogP contribution < -0.4 is 10.6 Å². The standard InChI is InChI=1S/C19H23ClN4O3.2ClH/c1-27-10-9-22-12-19(26)24(13-15-3-2-8-21-11-15)14-18(25)23-17-6-4-16(20)5-7-17;;/h2-8,11,22H,9-10,12-14H2,1H3,(H,23,25);2*1H. The second-order valence-electron chi connectivity index (χ2n) is 5.84. The average molecular weight is 464 g/mol. The lowest BCUT2D eigenvalue weighted by atomic mass is 10.2. The van der Waals surface area contributed by atoms with Gasteiger partial charge in [0.15, 0.2) is 0 Å². The number of nitrogens with zero attached hydrogens (tertiary/aromatic N) is 2. The first-order valence-electron chi connectivity index (χ1n) is 8.50. The molecule has 0 spiro atoms. The van der Waals surface area contributed by atoms with Gasteiger partial charge in [0, 0.05) is 43.3 Å². The number of benzene rings is 1. The van der Waals surface area contributed by atoms with E-state index in [4.69, 9.17) is 16.3 Å². The number of aromatic nitrogens is 1. The third-order valence-electron chi connectivity index (χ3n) is 3.67. The zero-order valence-corrected chi connectivity index (χ0v) is 18.4. The van der Waals surface area contributed by atoms with Crippen molar-refractivity contribution < 1.29 is 14.3 Å². The highest BCUT2D eigenvalue weighted by Crippen LogP contribution is 2.13. The monoisotopic (exact) mass is 462 g/mol.